The summed E-state index contributed by atoms with van der Waals surface area (Å²) >= 11 is 5.41. The number of anilines is 1. The zero-order chi connectivity index (χ0) is 20.5. The van der Waals surface area contributed by atoms with Crippen LogP contribution in [0.2, 0.25) is 0 Å². The highest BCUT2D eigenvalue weighted by Crippen LogP contribution is 2.33. The molecule has 0 aromatic heterocycles. The van der Waals surface area contributed by atoms with Crippen molar-refractivity contribution in [2.24, 2.45) is 0 Å². The van der Waals surface area contributed by atoms with Gasteiger partial charge in [0.05, 0.1) is 6.42 Å². The second kappa shape index (κ2) is 7.67. The summed E-state index contributed by atoms with van der Waals surface area (Å²) in [5.41, 5.74) is 1.34. The standard InChI is InChI=1S/C20H18FN3O4S/c1-23-19(26)15(9-18(25)22-14-5-3-13(21)4-6-14)24(20(23)29)10-12-2-7-16-17(8-12)28-11-27-16/h2-8,15H,9-11H2,1H3,(H,22,25)/t15-/m1/s1. The molecule has 1 fully saturated rings. The van der Waals surface area contributed by atoms with E-state index in [1.54, 1.807) is 18.0 Å². The van der Waals surface area contributed by atoms with E-state index in [1.807, 2.05) is 12.1 Å². The van der Waals surface area contributed by atoms with Crippen molar-refractivity contribution >= 4 is 34.8 Å². The van der Waals surface area contributed by atoms with Crippen LogP contribution in [-0.2, 0) is 16.1 Å². The molecule has 2 aromatic carbocycles. The molecule has 0 bridgehead atoms. The van der Waals surface area contributed by atoms with E-state index in [2.05, 4.69) is 5.32 Å². The summed E-state index contributed by atoms with van der Waals surface area (Å²) in [4.78, 5) is 28.2. The van der Waals surface area contributed by atoms with Gasteiger partial charge in [0.15, 0.2) is 16.6 Å². The monoisotopic (exact) mass is 415 g/mol. The van der Waals surface area contributed by atoms with Gasteiger partial charge < -0.3 is 19.7 Å². The minimum absolute atomic E-state index is 0.0781. The number of rotatable bonds is 5. The zero-order valence-corrected chi connectivity index (χ0v) is 16.4. The Balaban J connectivity index is 1.49. The first-order valence-corrected chi connectivity index (χ1v) is 9.35. The average molecular weight is 415 g/mol. The largest absolute Gasteiger partial charge is 0.454 e. The highest BCUT2D eigenvalue weighted by Gasteiger charge is 2.41. The number of thiocarbonyl (C=S) groups is 1. The van der Waals surface area contributed by atoms with Gasteiger partial charge in [-0.25, -0.2) is 4.39 Å². The van der Waals surface area contributed by atoms with Gasteiger partial charge in [0.2, 0.25) is 12.7 Å². The lowest BCUT2D eigenvalue weighted by atomic mass is 10.1. The number of hydrogen-bond acceptors (Lipinski definition) is 5. The maximum atomic E-state index is 13.0. The molecule has 0 spiro atoms. The Morgan fingerprint density at radius 2 is 1.93 bits per heavy atom. The number of amides is 2. The predicted molar refractivity (Wildman–Crippen MR) is 107 cm³/mol. The smallest absolute Gasteiger partial charge is 0.251 e. The zero-order valence-electron chi connectivity index (χ0n) is 15.6. The molecule has 0 radical (unpaired) electrons. The third-order valence-electron chi connectivity index (χ3n) is 4.82. The molecule has 4 rings (SSSR count). The predicted octanol–water partition coefficient (Wildman–Crippen LogP) is 2.51. The van der Waals surface area contributed by atoms with E-state index in [9.17, 15) is 14.0 Å². The van der Waals surface area contributed by atoms with Crippen LogP contribution in [0.5, 0.6) is 11.5 Å². The fourth-order valence-corrected chi connectivity index (χ4v) is 3.59. The van der Waals surface area contributed by atoms with Gasteiger partial charge >= 0.3 is 0 Å². The average Bonchev–Trinajstić information content (AvgIpc) is 3.24. The molecule has 150 valence electrons. The van der Waals surface area contributed by atoms with Gasteiger partial charge in [-0.3, -0.25) is 14.5 Å². The van der Waals surface area contributed by atoms with E-state index in [1.165, 1.54) is 29.2 Å². The second-order valence-corrected chi connectivity index (χ2v) is 7.14. The number of nitrogens with one attached hydrogen (secondary N) is 1. The van der Waals surface area contributed by atoms with Crippen molar-refractivity contribution in [2.75, 3.05) is 19.2 Å². The van der Waals surface area contributed by atoms with Crippen LogP contribution in [0, 0.1) is 5.82 Å². The molecule has 0 saturated carbocycles. The second-order valence-electron chi connectivity index (χ2n) is 6.77. The Bertz CT molecular complexity index is 982. The van der Waals surface area contributed by atoms with Gasteiger partial charge in [-0.1, -0.05) is 6.07 Å². The van der Waals surface area contributed by atoms with Gasteiger partial charge in [0.1, 0.15) is 11.9 Å². The van der Waals surface area contributed by atoms with Crippen LogP contribution in [0.15, 0.2) is 42.5 Å². The molecule has 7 nitrogen and oxygen atoms in total. The highest BCUT2D eigenvalue weighted by molar-refractivity contribution is 7.80. The summed E-state index contributed by atoms with van der Waals surface area (Å²) in [6.45, 7) is 0.522. The van der Waals surface area contributed by atoms with Gasteiger partial charge in [0, 0.05) is 19.3 Å². The Kier molecular flexibility index (Phi) is 5.06. The van der Waals surface area contributed by atoms with E-state index < -0.39 is 11.9 Å². The third-order valence-corrected chi connectivity index (χ3v) is 5.33. The molecule has 0 unspecified atom stereocenters. The lowest BCUT2D eigenvalue weighted by Gasteiger charge is -2.23. The van der Waals surface area contributed by atoms with Crippen LogP contribution in [0.3, 0.4) is 0 Å². The van der Waals surface area contributed by atoms with Crippen LogP contribution in [0.25, 0.3) is 0 Å². The minimum Gasteiger partial charge on any atom is -0.454 e. The van der Waals surface area contributed by atoms with Crippen molar-refractivity contribution in [3.05, 3.63) is 53.8 Å². The Hall–Kier alpha value is -3.20. The number of carbonyl (C=O) groups is 2. The molecule has 2 amide bonds. The lowest BCUT2D eigenvalue weighted by molar-refractivity contribution is -0.130. The Morgan fingerprint density at radius 1 is 1.21 bits per heavy atom. The molecular formula is C20H18FN3O4S. The summed E-state index contributed by atoms with van der Waals surface area (Å²) in [5.74, 6) is 0.309. The number of carbonyl (C=O) groups excluding carboxylic acids is 2. The molecule has 2 heterocycles. The molecule has 1 N–H and O–H groups in total. The van der Waals surface area contributed by atoms with Crippen LogP contribution in [0.1, 0.15) is 12.0 Å². The summed E-state index contributed by atoms with van der Waals surface area (Å²) in [6.07, 6.45) is -0.0781. The summed E-state index contributed by atoms with van der Waals surface area (Å²) < 4.78 is 23.7. The summed E-state index contributed by atoms with van der Waals surface area (Å²) in [6, 6.07) is 10.2. The number of ether oxygens (including phenoxy) is 2. The number of benzene rings is 2. The van der Waals surface area contributed by atoms with E-state index in [0.717, 1.165) is 5.56 Å². The van der Waals surface area contributed by atoms with Crippen LogP contribution >= 0.6 is 12.2 Å². The van der Waals surface area contributed by atoms with Gasteiger partial charge in [0.25, 0.3) is 5.91 Å². The van der Waals surface area contributed by atoms with Crippen LogP contribution < -0.4 is 14.8 Å². The third kappa shape index (κ3) is 3.86. The minimum atomic E-state index is -0.724. The maximum absolute atomic E-state index is 13.0. The molecule has 1 saturated heterocycles. The molecule has 2 aliphatic rings. The van der Waals surface area contributed by atoms with Crippen molar-refractivity contribution in [1.82, 2.24) is 9.80 Å². The topological polar surface area (TPSA) is 71.1 Å². The molecule has 1 atom stereocenters. The molecule has 29 heavy (non-hydrogen) atoms. The highest BCUT2D eigenvalue weighted by atomic mass is 32.1. The fraction of sp³-hybridized carbons (Fsp3) is 0.250. The van der Waals surface area contributed by atoms with E-state index in [4.69, 9.17) is 21.7 Å². The fourth-order valence-electron chi connectivity index (χ4n) is 3.31. The molecular weight excluding hydrogens is 397 g/mol. The first-order valence-electron chi connectivity index (χ1n) is 8.94. The van der Waals surface area contributed by atoms with Crippen molar-refractivity contribution in [3.8, 4) is 11.5 Å². The molecule has 2 aliphatic heterocycles. The van der Waals surface area contributed by atoms with Crippen molar-refractivity contribution in [3.63, 3.8) is 0 Å². The van der Waals surface area contributed by atoms with E-state index in [-0.39, 0.29) is 25.0 Å². The first kappa shape index (κ1) is 19.1. The number of likely N-dealkylation sites (N-methyl/N-ethyl adjacent to an activating group) is 1. The van der Waals surface area contributed by atoms with Crippen molar-refractivity contribution in [1.29, 1.82) is 0 Å². The Labute approximate surface area is 172 Å². The number of hydrogen-bond donors (Lipinski definition) is 1. The van der Waals surface area contributed by atoms with Gasteiger partial charge in [-0.05, 0) is 54.2 Å². The lowest BCUT2D eigenvalue weighted by Crippen LogP contribution is -2.37. The van der Waals surface area contributed by atoms with Gasteiger partial charge in [-0.15, -0.1) is 0 Å². The first-order chi connectivity index (χ1) is 13.9. The quantitative estimate of drug-likeness (QED) is 0.757. The van der Waals surface area contributed by atoms with Crippen molar-refractivity contribution in [2.45, 2.75) is 19.0 Å². The number of nitrogens with zero attached hydrogens (tertiary/aromatic N) is 2. The van der Waals surface area contributed by atoms with E-state index >= 15 is 0 Å². The van der Waals surface area contributed by atoms with Crippen LogP contribution in [-0.4, -0.2) is 46.6 Å². The van der Waals surface area contributed by atoms with E-state index in [0.29, 0.717) is 28.8 Å². The summed E-state index contributed by atoms with van der Waals surface area (Å²) in [5, 5.41) is 3.04. The molecule has 2 aromatic rings. The number of halogens is 1. The van der Waals surface area contributed by atoms with Crippen LogP contribution in [0.4, 0.5) is 10.1 Å². The number of fused-ring (bicyclic) bond motifs is 1. The Morgan fingerprint density at radius 3 is 2.69 bits per heavy atom. The normalized spacial score (nSPS) is 17.8. The molecule has 0 aliphatic carbocycles. The molecule has 9 heteroatoms. The van der Waals surface area contributed by atoms with Gasteiger partial charge in [-0.2, -0.15) is 0 Å². The van der Waals surface area contributed by atoms with Crippen molar-refractivity contribution < 1.29 is 23.5 Å². The summed E-state index contributed by atoms with van der Waals surface area (Å²) in [7, 11) is 1.59. The maximum Gasteiger partial charge on any atom is 0.251 e. The SMILES string of the molecule is CN1C(=O)[C@@H](CC(=O)Nc2ccc(F)cc2)N(Cc2ccc3c(c2)OCO3)C1=S.